The third-order valence-corrected chi connectivity index (χ3v) is 1.21. The summed E-state index contributed by atoms with van der Waals surface area (Å²) < 4.78 is 4.77. The monoisotopic (exact) mass is 151 g/mol. The van der Waals surface area contributed by atoms with E-state index >= 15 is 0 Å². The van der Waals surface area contributed by atoms with E-state index in [1.54, 1.807) is 6.07 Å². The lowest BCUT2D eigenvalue weighted by Gasteiger charge is -1.97. The Morgan fingerprint density at radius 1 is 1.64 bits per heavy atom. The molecule has 4 nitrogen and oxygen atoms in total. The Morgan fingerprint density at radius 2 is 2.36 bits per heavy atom. The molecule has 0 atom stereocenters. The van der Waals surface area contributed by atoms with Gasteiger partial charge in [0.25, 0.3) is 5.91 Å². The summed E-state index contributed by atoms with van der Waals surface area (Å²) in [6.07, 6.45) is 1.31. The highest BCUT2D eigenvalue weighted by Crippen LogP contribution is 2.05. The van der Waals surface area contributed by atoms with E-state index in [-0.39, 0.29) is 5.56 Å². The van der Waals surface area contributed by atoms with Gasteiger partial charge in [0, 0.05) is 12.3 Å². The first-order valence-corrected chi connectivity index (χ1v) is 3.00. The topological polar surface area (TPSA) is 63.0 Å². The van der Waals surface area contributed by atoms with E-state index in [9.17, 15) is 4.79 Å². The molecule has 1 aromatic rings. The number of carbonyl (C=O) groups is 1. The van der Waals surface area contributed by atoms with Crippen molar-refractivity contribution in [3.8, 4) is 5.88 Å². The fraction of sp³-hybridized carbons (Fsp3) is 0.143. The number of nitrogens with zero attached hydrogens (tertiary/aromatic N) is 1. The van der Waals surface area contributed by atoms with Gasteiger partial charge in [-0.15, -0.1) is 0 Å². The Hall–Kier alpha value is -1.58. The molecule has 0 unspecified atom stereocenters. The van der Waals surface area contributed by atoms with Crippen LogP contribution in [0, 0.1) is 0 Å². The smallest absolute Gasteiger partial charge is 0.271 e. The van der Waals surface area contributed by atoms with E-state index in [0.29, 0.717) is 5.88 Å². The molecule has 1 amide bonds. The van der Waals surface area contributed by atoms with Crippen LogP contribution in [-0.2, 0) is 0 Å². The van der Waals surface area contributed by atoms with Gasteiger partial charge in [0.1, 0.15) is 0 Å². The van der Waals surface area contributed by atoms with Crippen molar-refractivity contribution in [2.45, 2.75) is 0 Å². The lowest BCUT2D eigenvalue weighted by atomic mass is 10.3. The van der Waals surface area contributed by atoms with Crippen LogP contribution < -0.4 is 10.5 Å². The molecule has 57 valence electrons. The summed E-state index contributed by atoms with van der Waals surface area (Å²) >= 11 is 0. The van der Waals surface area contributed by atoms with Gasteiger partial charge < -0.3 is 4.74 Å². The van der Waals surface area contributed by atoms with E-state index in [0.717, 1.165) is 0 Å². The summed E-state index contributed by atoms with van der Waals surface area (Å²) in [4.78, 5) is 14.2. The number of amides is 1. The van der Waals surface area contributed by atoms with Crippen molar-refractivity contribution in [3.05, 3.63) is 23.9 Å². The molecule has 0 fully saturated rings. The second-order valence-electron chi connectivity index (χ2n) is 1.92. The molecule has 0 spiro atoms. The van der Waals surface area contributed by atoms with Gasteiger partial charge in [-0.1, -0.05) is 0 Å². The fourth-order valence-corrected chi connectivity index (χ4v) is 0.635. The van der Waals surface area contributed by atoms with Crippen LogP contribution in [0.2, 0.25) is 0 Å². The number of pyridine rings is 1. The zero-order valence-corrected chi connectivity index (χ0v) is 6.00. The third-order valence-electron chi connectivity index (χ3n) is 1.21. The zero-order valence-electron chi connectivity index (χ0n) is 6.00. The lowest BCUT2D eigenvalue weighted by molar-refractivity contribution is 0.0991. The Kier molecular flexibility index (Phi) is 2.06. The van der Waals surface area contributed by atoms with Crippen LogP contribution >= 0.6 is 0 Å². The van der Waals surface area contributed by atoms with E-state index in [1.165, 1.54) is 19.4 Å². The van der Waals surface area contributed by atoms with Crippen LogP contribution in [0.5, 0.6) is 5.88 Å². The van der Waals surface area contributed by atoms with E-state index in [4.69, 9.17) is 10.5 Å². The first-order chi connectivity index (χ1) is 5.24. The maximum atomic E-state index is 10.4. The molecule has 11 heavy (non-hydrogen) atoms. The first-order valence-electron chi connectivity index (χ1n) is 3.00. The number of rotatable bonds is 2. The lowest BCUT2D eigenvalue weighted by Crippen LogP contribution is -1.99. The summed E-state index contributed by atoms with van der Waals surface area (Å²) in [5.74, 6) is -0.296. The average molecular weight is 151 g/mol. The highest BCUT2D eigenvalue weighted by molar-refractivity contribution is 5.91. The number of ether oxygens (including phenoxy) is 1. The molecule has 4 heteroatoms. The Labute approximate surface area is 64.0 Å². The highest BCUT2D eigenvalue weighted by Gasteiger charge is 2.00. The van der Waals surface area contributed by atoms with Crippen molar-refractivity contribution < 1.29 is 9.53 Å². The standard InChI is InChI=1S/C7H7N2O2/c1-11-6-3-2-5(4-9-6)7(8)10/h2-4,8H,1H3. The number of nitrogens with one attached hydrogen (secondary N) is 1. The molecule has 1 radical (unpaired) electrons. The van der Waals surface area contributed by atoms with Gasteiger partial charge in [0.05, 0.1) is 12.7 Å². The molecule has 1 rings (SSSR count). The van der Waals surface area contributed by atoms with Gasteiger partial charge in [-0.05, 0) is 6.07 Å². The molecule has 0 saturated carbocycles. The van der Waals surface area contributed by atoms with E-state index in [2.05, 4.69) is 4.98 Å². The van der Waals surface area contributed by atoms with Crippen LogP contribution in [0.1, 0.15) is 10.4 Å². The van der Waals surface area contributed by atoms with Crippen LogP contribution in [0.3, 0.4) is 0 Å². The normalized spacial score (nSPS) is 9.18. The predicted octanol–water partition coefficient (Wildman–Crippen LogP) is 0.513. The van der Waals surface area contributed by atoms with Crippen molar-refractivity contribution in [2.24, 2.45) is 0 Å². The van der Waals surface area contributed by atoms with Crippen LogP contribution in [0.15, 0.2) is 18.3 Å². The van der Waals surface area contributed by atoms with Crippen LogP contribution in [0.25, 0.3) is 0 Å². The van der Waals surface area contributed by atoms with Crippen molar-refractivity contribution in [1.82, 2.24) is 10.7 Å². The fourth-order valence-electron chi connectivity index (χ4n) is 0.635. The molecule has 0 aliphatic rings. The summed E-state index contributed by atoms with van der Waals surface area (Å²) in [6, 6.07) is 3.04. The summed E-state index contributed by atoms with van der Waals surface area (Å²) in [5.41, 5.74) is 7.00. The number of aromatic nitrogens is 1. The summed E-state index contributed by atoms with van der Waals surface area (Å²) in [7, 11) is 1.49. The van der Waals surface area contributed by atoms with Crippen molar-refractivity contribution in [3.63, 3.8) is 0 Å². The van der Waals surface area contributed by atoms with Gasteiger partial charge in [0.15, 0.2) is 0 Å². The molecule has 1 heterocycles. The average Bonchev–Trinajstić information content (AvgIpc) is 2.05. The molecule has 0 bridgehead atoms. The minimum atomic E-state index is -0.736. The zero-order chi connectivity index (χ0) is 8.27. The van der Waals surface area contributed by atoms with Gasteiger partial charge in [-0.3, -0.25) is 10.5 Å². The molecule has 1 aromatic heterocycles. The minimum absolute atomic E-state index is 0.269. The van der Waals surface area contributed by atoms with Crippen LogP contribution in [-0.4, -0.2) is 18.0 Å². The molecule has 0 saturated heterocycles. The summed E-state index contributed by atoms with van der Waals surface area (Å²) in [5, 5.41) is 0. The SMILES string of the molecule is COc1ccc(C([NH])=O)cn1. The number of methoxy groups -OCH3 is 1. The second-order valence-corrected chi connectivity index (χ2v) is 1.92. The van der Waals surface area contributed by atoms with Crippen molar-refractivity contribution >= 4 is 5.91 Å². The molecule has 0 aromatic carbocycles. The predicted molar refractivity (Wildman–Crippen MR) is 38.2 cm³/mol. The Bertz CT molecular complexity index is 256. The number of hydrogen-bond acceptors (Lipinski definition) is 3. The number of carbonyl (C=O) groups excluding carboxylic acids is 1. The minimum Gasteiger partial charge on any atom is -0.481 e. The van der Waals surface area contributed by atoms with E-state index < -0.39 is 5.91 Å². The Morgan fingerprint density at radius 3 is 2.73 bits per heavy atom. The molecular formula is C7H7N2O2. The molecule has 0 aliphatic heterocycles. The molecular weight excluding hydrogens is 144 g/mol. The quantitative estimate of drug-likeness (QED) is 0.618. The maximum absolute atomic E-state index is 10.4. The third kappa shape index (κ3) is 1.67. The van der Waals surface area contributed by atoms with E-state index in [1.807, 2.05) is 0 Å². The first kappa shape index (κ1) is 7.53. The molecule has 0 aliphatic carbocycles. The van der Waals surface area contributed by atoms with Crippen molar-refractivity contribution in [1.29, 1.82) is 0 Å². The Balaban J connectivity index is 2.91. The highest BCUT2D eigenvalue weighted by atomic mass is 16.5. The largest absolute Gasteiger partial charge is 0.481 e. The summed E-state index contributed by atoms with van der Waals surface area (Å²) in [6.45, 7) is 0. The van der Waals surface area contributed by atoms with Gasteiger partial charge in [-0.2, -0.15) is 0 Å². The second kappa shape index (κ2) is 3.01. The maximum Gasteiger partial charge on any atom is 0.271 e. The molecule has 1 N–H and O–H groups in total. The van der Waals surface area contributed by atoms with Gasteiger partial charge in [-0.25, -0.2) is 4.98 Å². The van der Waals surface area contributed by atoms with Crippen LogP contribution in [0.4, 0.5) is 0 Å². The number of hydrogen-bond donors (Lipinski definition) is 0. The van der Waals surface area contributed by atoms with Gasteiger partial charge >= 0.3 is 0 Å². The van der Waals surface area contributed by atoms with Gasteiger partial charge in [0.2, 0.25) is 5.88 Å². The van der Waals surface area contributed by atoms with Crippen molar-refractivity contribution in [2.75, 3.05) is 7.11 Å².